The lowest BCUT2D eigenvalue weighted by atomic mass is 10.1. The van der Waals surface area contributed by atoms with Crippen molar-refractivity contribution in [1.29, 1.82) is 0 Å². The number of ether oxygens (including phenoxy) is 1. The molecule has 0 saturated carbocycles. The molecule has 1 aromatic heterocycles. The van der Waals surface area contributed by atoms with Crippen LogP contribution in [0, 0.1) is 5.92 Å². The van der Waals surface area contributed by atoms with Crippen LogP contribution in [0.1, 0.15) is 24.2 Å². The third-order valence-electron chi connectivity index (χ3n) is 3.16. The first-order valence-electron chi connectivity index (χ1n) is 6.94. The van der Waals surface area contributed by atoms with E-state index in [1.165, 1.54) is 6.07 Å². The third kappa shape index (κ3) is 3.49. The first-order chi connectivity index (χ1) is 10.0. The van der Waals surface area contributed by atoms with Crippen LogP contribution in [-0.2, 0) is 11.3 Å². The van der Waals surface area contributed by atoms with Gasteiger partial charge in [0.05, 0.1) is 17.7 Å². The van der Waals surface area contributed by atoms with E-state index in [1.54, 1.807) is 28.8 Å². The summed E-state index contributed by atoms with van der Waals surface area (Å²) < 4.78 is 7.06. The highest BCUT2D eigenvalue weighted by molar-refractivity contribution is 6.02. The van der Waals surface area contributed by atoms with Gasteiger partial charge >= 0.3 is 5.97 Å². The summed E-state index contributed by atoms with van der Waals surface area (Å²) in [7, 11) is 0. The number of para-hydroxylation sites is 1. The van der Waals surface area contributed by atoms with Gasteiger partial charge in [-0.25, -0.2) is 4.79 Å². The molecule has 0 radical (unpaired) electrons. The molecule has 0 spiro atoms. The Bertz CT molecular complexity index is 703. The Balaban J connectivity index is 2.36. The zero-order valence-electron chi connectivity index (χ0n) is 12.2. The zero-order chi connectivity index (χ0) is 15.4. The van der Waals surface area contributed by atoms with Gasteiger partial charge in [0.25, 0.3) is 5.56 Å². The Labute approximate surface area is 122 Å². The van der Waals surface area contributed by atoms with E-state index in [-0.39, 0.29) is 11.1 Å². The van der Waals surface area contributed by atoms with Crippen LogP contribution in [0.2, 0.25) is 0 Å². The van der Waals surface area contributed by atoms with Crippen LogP contribution in [0.5, 0.6) is 0 Å². The molecule has 0 aliphatic heterocycles. The number of aromatic nitrogens is 1. The molecule has 0 bridgehead atoms. The molecule has 0 amide bonds. The number of carbonyl (C=O) groups is 1. The number of pyridine rings is 1. The molecule has 0 saturated heterocycles. The smallest absolute Gasteiger partial charge is 0.336 e. The van der Waals surface area contributed by atoms with Crippen LogP contribution in [-0.4, -0.2) is 28.9 Å². The van der Waals surface area contributed by atoms with Gasteiger partial charge < -0.3 is 14.4 Å². The largest absolute Gasteiger partial charge is 0.478 e. The molecule has 0 fully saturated rings. The van der Waals surface area contributed by atoms with E-state index in [2.05, 4.69) is 13.8 Å². The predicted molar refractivity (Wildman–Crippen MR) is 80.8 cm³/mol. The summed E-state index contributed by atoms with van der Waals surface area (Å²) in [4.78, 5) is 23.4. The van der Waals surface area contributed by atoms with Crippen molar-refractivity contribution in [1.82, 2.24) is 4.57 Å². The molecular weight excluding hydrogens is 270 g/mol. The van der Waals surface area contributed by atoms with E-state index in [0.717, 1.165) is 0 Å². The topological polar surface area (TPSA) is 68.5 Å². The Morgan fingerprint density at radius 2 is 2.05 bits per heavy atom. The number of aromatic carboxylic acids is 1. The maximum Gasteiger partial charge on any atom is 0.336 e. The van der Waals surface area contributed by atoms with Gasteiger partial charge in [-0.1, -0.05) is 32.0 Å². The molecule has 1 aromatic carbocycles. The predicted octanol–water partition coefficient (Wildman–Crippen LogP) is 2.37. The molecular formula is C16H19NO4. The number of carboxylic acids is 1. The number of hydrogen-bond acceptors (Lipinski definition) is 3. The fraction of sp³-hybridized carbons (Fsp3) is 0.375. The number of carboxylic acid groups (broad SMARTS) is 1. The van der Waals surface area contributed by atoms with Crippen molar-refractivity contribution < 1.29 is 14.6 Å². The quantitative estimate of drug-likeness (QED) is 0.829. The van der Waals surface area contributed by atoms with Crippen molar-refractivity contribution in [3.8, 4) is 0 Å². The van der Waals surface area contributed by atoms with E-state index in [0.29, 0.717) is 36.6 Å². The highest BCUT2D eigenvalue weighted by atomic mass is 16.5. The molecule has 2 aromatic rings. The van der Waals surface area contributed by atoms with Crippen LogP contribution < -0.4 is 5.56 Å². The SMILES string of the molecule is CC(C)COCCn1c(=O)cc(C(=O)O)c2ccccc21. The number of nitrogens with zero attached hydrogens (tertiary/aromatic N) is 1. The van der Waals surface area contributed by atoms with Crippen LogP contribution in [0.25, 0.3) is 10.9 Å². The Kier molecular flexibility index (Phi) is 4.75. The van der Waals surface area contributed by atoms with Crippen molar-refractivity contribution in [3.05, 3.63) is 46.2 Å². The maximum absolute atomic E-state index is 12.1. The van der Waals surface area contributed by atoms with Crippen LogP contribution >= 0.6 is 0 Å². The molecule has 21 heavy (non-hydrogen) atoms. The fourth-order valence-electron chi connectivity index (χ4n) is 2.22. The van der Waals surface area contributed by atoms with E-state index in [1.807, 2.05) is 0 Å². The first kappa shape index (κ1) is 15.3. The lowest BCUT2D eigenvalue weighted by molar-refractivity contribution is 0.0698. The molecule has 1 heterocycles. The van der Waals surface area contributed by atoms with Gasteiger partial charge in [0.2, 0.25) is 0 Å². The third-order valence-corrected chi connectivity index (χ3v) is 3.16. The van der Waals surface area contributed by atoms with Crippen LogP contribution in [0.3, 0.4) is 0 Å². The van der Waals surface area contributed by atoms with Crippen LogP contribution in [0.4, 0.5) is 0 Å². The fourth-order valence-corrected chi connectivity index (χ4v) is 2.22. The van der Waals surface area contributed by atoms with Gasteiger partial charge in [0.1, 0.15) is 0 Å². The summed E-state index contributed by atoms with van der Waals surface area (Å²) >= 11 is 0. The summed E-state index contributed by atoms with van der Waals surface area (Å²) in [6.07, 6.45) is 0. The highest BCUT2D eigenvalue weighted by Gasteiger charge is 2.13. The summed E-state index contributed by atoms with van der Waals surface area (Å²) in [6, 6.07) is 8.19. The minimum absolute atomic E-state index is 0.0370. The van der Waals surface area contributed by atoms with Gasteiger partial charge in [-0.15, -0.1) is 0 Å². The zero-order valence-corrected chi connectivity index (χ0v) is 12.2. The summed E-state index contributed by atoms with van der Waals surface area (Å²) in [5.41, 5.74) is 0.338. The summed E-state index contributed by atoms with van der Waals surface area (Å²) in [5.74, 6) is -0.653. The average Bonchev–Trinajstić information content (AvgIpc) is 2.44. The lowest BCUT2D eigenvalue weighted by Crippen LogP contribution is -2.24. The second-order valence-electron chi connectivity index (χ2n) is 5.34. The molecule has 0 atom stereocenters. The number of rotatable bonds is 6. The second kappa shape index (κ2) is 6.54. The average molecular weight is 289 g/mol. The van der Waals surface area contributed by atoms with Gasteiger partial charge in [-0.3, -0.25) is 4.79 Å². The van der Waals surface area contributed by atoms with Gasteiger partial charge in [0, 0.05) is 24.6 Å². The maximum atomic E-state index is 12.1. The van der Waals surface area contributed by atoms with Crippen molar-refractivity contribution in [2.75, 3.05) is 13.2 Å². The monoisotopic (exact) mass is 289 g/mol. The summed E-state index contributed by atoms with van der Waals surface area (Å²) in [6.45, 7) is 5.59. The first-order valence-corrected chi connectivity index (χ1v) is 6.94. The molecule has 0 aliphatic rings. The molecule has 0 unspecified atom stereocenters. The van der Waals surface area contributed by atoms with E-state index >= 15 is 0 Å². The Hall–Kier alpha value is -2.14. The van der Waals surface area contributed by atoms with Crippen LogP contribution in [0.15, 0.2) is 35.1 Å². The highest BCUT2D eigenvalue weighted by Crippen LogP contribution is 2.16. The standard InChI is InChI=1S/C16H19NO4/c1-11(2)10-21-8-7-17-14-6-4-3-5-12(14)13(16(19)20)9-15(17)18/h3-6,9,11H,7-8,10H2,1-2H3,(H,19,20). The normalized spacial score (nSPS) is 11.2. The van der Waals surface area contributed by atoms with E-state index < -0.39 is 5.97 Å². The van der Waals surface area contributed by atoms with Crippen molar-refractivity contribution in [2.45, 2.75) is 20.4 Å². The minimum atomic E-state index is -1.09. The lowest BCUT2D eigenvalue weighted by Gasteiger charge is -2.13. The number of hydrogen-bond donors (Lipinski definition) is 1. The number of benzene rings is 1. The molecule has 2 rings (SSSR count). The molecule has 5 nitrogen and oxygen atoms in total. The van der Waals surface area contributed by atoms with Gasteiger partial charge in [-0.2, -0.15) is 0 Å². The molecule has 1 N–H and O–H groups in total. The van der Waals surface area contributed by atoms with Crippen molar-refractivity contribution in [3.63, 3.8) is 0 Å². The molecule has 0 aliphatic carbocycles. The van der Waals surface area contributed by atoms with Gasteiger partial charge in [-0.05, 0) is 12.0 Å². The number of fused-ring (bicyclic) bond motifs is 1. The summed E-state index contributed by atoms with van der Waals surface area (Å²) in [5, 5.41) is 9.76. The Morgan fingerprint density at radius 1 is 1.33 bits per heavy atom. The second-order valence-corrected chi connectivity index (χ2v) is 5.34. The van der Waals surface area contributed by atoms with Crippen molar-refractivity contribution in [2.24, 2.45) is 5.92 Å². The van der Waals surface area contributed by atoms with Crippen molar-refractivity contribution >= 4 is 16.9 Å². The molecule has 5 heteroatoms. The minimum Gasteiger partial charge on any atom is -0.478 e. The van der Waals surface area contributed by atoms with E-state index in [4.69, 9.17) is 4.74 Å². The Morgan fingerprint density at radius 3 is 2.71 bits per heavy atom. The van der Waals surface area contributed by atoms with E-state index in [9.17, 15) is 14.7 Å². The molecule has 112 valence electrons. The van der Waals surface area contributed by atoms with Gasteiger partial charge in [0.15, 0.2) is 0 Å².